The fourth-order valence-electron chi connectivity index (χ4n) is 4.90. The molecule has 2 aliphatic heterocycles. The molecule has 0 amide bonds. The maximum atomic E-state index is 6.18. The van der Waals surface area contributed by atoms with Crippen molar-refractivity contribution in [3.63, 3.8) is 0 Å². The molecule has 2 aromatic heterocycles. The van der Waals surface area contributed by atoms with E-state index in [1.807, 2.05) is 0 Å². The Labute approximate surface area is 147 Å². The van der Waals surface area contributed by atoms with Crippen LogP contribution in [0.25, 0.3) is 11.2 Å². The van der Waals surface area contributed by atoms with Crippen LogP contribution in [-0.2, 0) is 4.74 Å². The summed E-state index contributed by atoms with van der Waals surface area (Å²) in [6.07, 6.45) is 12.0. The number of nitrogens with zero attached hydrogens (tertiary/aromatic N) is 4. The lowest BCUT2D eigenvalue weighted by molar-refractivity contribution is 0.00978. The lowest BCUT2D eigenvalue weighted by Gasteiger charge is -2.34. The van der Waals surface area contributed by atoms with E-state index in [0.29, 0.717) is 12.1 Å². The van der Waals surface area contributed by atoms with Crippen LogP contribution in [0, 0.1) is 0 Å². The molecule has 0 radical (unpaired) electrons. The number of aromatic nitrogens is 4. The minimum atomic E-state index is 0.214. The van der Waals surface area contributed by atoms with E-state index in [-0.39, 0.29) is 5.60 Å². The van der Waals surface area contributed by atoms with Crippen molar-refractivity contribution in [2.45, 2.75) is 62.6 Å². The monoisotopic (exact) mass is 342 g/mol. The van der Waals surface area contributed by atoms with Crippen LogP contribution in [0.2, 0.25) is 0 Å². The molecular weight excluding hydrogens is 316 g/mol. The van der Waals surface area contributed by atoms with Gasteiger partial charge in [0, 0.05) is 25.2 Å². The zero-order chi connectivity index (χ0) is 16.7. The van der Waals surface area contributed by atoms with E-state index < -0.39 is 0 Å². The number of hydrogen-bond acceptors (Lipinski definition) is 6. The molecule has 0 bridgehead atoms. The van der Waals surface area contributed by atoms with E-state index in [0.717, 1.165) is 49.5 Å². The number of ether oxygens (including phenoxy) is 1. The fraction of sp³-hybridized carbons (Fsp3) is 0.722. The van der Waals surface area contributed by atoms with Crippen LogP contribution in [0.5, 0.6) is 0 Å². The first-order valence-corrected chi connectivity index (χ1v) is 9.60. The molecule has 3 aliphatic rings. The molecule has 1 saturated carbocycles. The van der Waals surface area contributed by atoms with Gasteiger partial charge in [-0.15, -0.1) is 0 Å². The largest absolute Gasteiger partial charge is 0.373 e. The van der Waals surface area contributed by atoms with Crippen molar-refractivity contribution in [1.82, 2.24) is 25.3 Å². The molecule has 4 heterocycles. The summed E-state index contributed by atoms with van der Waals surface area (Å²) in [5, 5.41) is 3.87. The van der Waals surface area contributed by atoms with Crippen molar-refractivity contribution in [2.24, 2.45) is 0 Å². The van der Waals surface area contributed by atoms with Gasteiger partial charge in [0.25, 0.3) is 0 Å². The quantitative estimate of drug-likeness (QED) is 0.888. The number of piperidine rings is 1. The minimum Gasteiger partial charge on any atom is -0.373 e. The predicted molar refractivity (Wildman–Crippen MR) is 95.6 cm³/mol. The van der Waals surface area contributed by atoms with Crippen molar-refractivity contribution in [2.75, 3.05) is 24.6 Å². The lowest BCUT2D eigenvalue weighted by atomic mass is 9.95. The molecule has 7 nitrogen and oxygen atoms in total. The fourth-order valence-corrected chi connectivity index (χ4v) is 4.90. The number of aromatic amines is 1. The van der Waals surface area contributed by atoms with Crippen molar-refractivity contribution < 1.29 is 4.74 Å². The summed E-state index contributed by atoms with van der Waals surface area (Å²) >= 11 is 0. The maximum Gasteiger partial charge on any atom is 0.182 e. The van der Waals surface area contributed by atoms with Crippen molar-refractivity contribution in [1.29, 1.82) is 0 Å². The second kappa shape index (κ2) is 6.21. The number of hydrogen-bond donors (Lipinski definition) is 2. The highest BCUT2D eigenvalue weighted by molar-refractivity contribution is 5.82. The standard InChI is InChI=1S/C18H26N6O/c1-2-6-18(5-1)9-14(10-25-18)23-13-3-7-24(8-4-13)17-15-16(20-11-19-15)21-12-22-17/h11-14,23H,1-10H2,(H,19,20,21,22). The Balaban J connectivity index is 1.19. The third-order valence-corrected chi connectivity index (χ3v) is 6.19. The highest BCUT2D eigenvalue weighted by atomic mass is 16.5. The predicted octanol–water partition coefficient (Wildman–Crippen LogP) is 2.01. The van der Waals surface area contributed by atoms with E-state index in [1.165, 1.54) is 32.1 Å². The zero-order valence-corrected chi connectivity index (χ0v) is 14.6. The van der Waals surface area contributed by atoms with Crippen molar-refractivity contribution >= 4 is 17.0 Å². The molecule has 7 heteroatoms. The van der Waals surface area contributed by atoms with Crippen LogP contribution in [0.3, 0.4) is 0 Å². The number of nitrogens with one attached hydrogen (secondary N) is 2. The summed E-state index contributed by atoms with van der Waals surface area (Å²) < 4.78 is 6.18. The van der Waals surface area contributed by atoms with Crippen molar-refractivity contribution in [3.8, 4) is 0 Å². The van der Waals surface area contributed by atoms with Gasteiger partial charge in [-0.2, -0.15) is 0 Å². The second-order valence-electron chi connectivity index (χ2n) is 7.83. The number of anilines is 1. The Kier molecular flexibility index (Phi) is 3.86. The number of H-pyrrole nitrogens is 1. The topological polar surface area (TPSA) is 79.0 Å². The van der Waals surface area contributed by atoms with Gasteiger partial charge in [-0.1, -0.05) is 12.8 Å². The zero-order valence-electron chi connectivity index (χ0n) is 14.6. The molecule has 0 aromatic carbocycles. The van der Waals surface area contributed by atoms with Crippen molar-refractivity contribution in [3.05, 3.63) is 12.7 Å². The summed E-state index contributed by atoms with van der Waals surface area (Å²) in [6, 6.07) is 1.12. The van der Waals surface area contributed by atoms with E-state index in [9.17, 15) is 0 Å². The smallest absolute Gasteiger partial charge is 0.182 e. The van der Waals surface area contributed by atoms with Crippen LogP contribution in [0.15, 0.2) is 12.7 Å². The lowest BCUT2D eigenvalue weighted by Crippen LogP contribution is -2.47. The summed E-state index contributed by atoms with van der Waals surface area (Å²) in [7, 11) is 0. The first kappa shape index (κ1) is 15.5. The molecule has 1 spiro atoms. The Hall–Kier alpha value is -1.73. The molecule has 1 atom stereocenters. The molecule has 134 valence electrons. The SMILES string of the molecule is c1nc(N2CCC(NC3COC4(CCCC4)C3)CC2)c2[nH]cnc2n1. The molecule has 1 aliphatic carbocycles. The van der Waals surface area contributed by atoms with Gasteiger partial charge in [0.1, 0.15) is 11.8 Å². The molecule has 2 N–H and O–H groups in total. The maximum absolute atomic E-state index is 6.18. The summed E-state index contributed by atoms with van der Waals surface area (Å²) in [6.45, 7) is 2.92. The molecular formula is C18H26N6O. The van der Waals surface area contributed by atoms with Crippen LogP contribution in [-0.4, -0.2) is 57.3 Å². The third kappa shape index (κ3) is 2.89. The van der Waals surface area contributed by atoms with E-state index >= 15 is 0 Å². The third-order valence-electron chi connectivity index (χ3n) is 6.19. The Bertz CT molecular complexity index is 732. The number of fused-ring (bicyclic) bond motifs is 1. The summed E-state index contributed by atoms with van der Waals surface area (Å²) in [5.41, 5.74) is 1.91. The van der Waals surface area contributed by atoms with Gasteiger partial charge in [0.15, 0.2) is 11.5 Å². The van der Waals surface area contributed by atoms with Crippen LogP contribution in [0.4, 0.5) is 5.82 Å². The molecule has 3 fully saturated rings. The molecule has 1 unspecified atom stereocenters. The van der Waals surface area contributed by atoms with Crippen LogP contribution in [0.1, 0.15) is 44.9 Å². The highest BCUT2D eigenvalue weighted by Gasteiger charge is 2.42. The van der Waals surface area contributed by atoms with E-state index in [1.54, 1.807) is 12.7 Å². The van der Waals surface area contributed by atoms with Gasteiger partial charge >= 0.3 is 0 Å². The Morgan fingerprint density at radius 3 is 2.80 bits per heavy atom. The van der Waals surface area contributed by atoms with Crippen LogP contribution >= 0.6 is 0 Å². The second-order valence-corrected chi connectivity index (χ2v) is 7.83. The summed E-state index contributed by atoms with van der Waals surface area (Å²) in [4.78, 5) is 18.4. The highest BCUT2D eigenvalue weighted by Crippen LogP contribution is 2.41. The number of imidazole rings is 1. The van der Waals surface area contributed by atoms with Gasteiger partial charge in [-0.05, 0) is 32.1 Å². The Morgan fingerprint density at radius 1 is 1.12 bits per heavy atom. The van der Waals surface area contributed by atoms with Gasteiger partial charge in [0.05, 0.1) is 18.5 Å². The first-order chi connectivity index (χ1) is 12.3. The molecule has 2 saturated heterocycles. The van der Waals surface area contributed by atoms with Gasteiger partial charge in [-0.3, -0.25) is 0 Å². The first-order valence-electron chi connectivity index (χ1n) is 9.60. The average molecular weight is 342 g/mol. The van der Waals surface area contributed by atoms with Gasteiger partial charge in [-0.25, -0.2) is 15.0 Å². The minimum absolute atomic E-state index is 0.214. The molecule has 2 aromatic rings. The van der Waals surface area contributed by atoms with E-state index in [4.69, 9.17) is 4.74 Å². The summed E-state index contributed by atoms with van der Waals surface area (Å²) in [5.74, 6) is 0.982. The number of rotatable bonds is 3. The molecule has 5 rings (SSSR count). The molecule has 25 heavy (non-hydrogen) atoms. The Morgan fingerprint density at radius 2 is 1.96 bits per heavy atom. The van der Waals surface area contributed by atoms with E-state index in [2.05, 4.69) is 30.2 Å². The average Bonchev–Trinajstić information content (AvgIpc) is 3.38. The normalized spacial score (nSPS) is 26.9. The van der Waals surface area contributed by atoms with Crippen LogP contribution < -0.4 is 10.2 Å². The van der Waals surface area contributed by atoms with Gasteiger partial charge in [0.2, 0.25) is 0 Å². The van der Waals surface area contributed by atoms with Gasteiger partial charge < -0.3 is 19.9 Å².